The van der Waals surface area contributed by atoms with E-state index < -0.39 is 5.66 Å². The van der Waals surface area contributed by atoms with E-state index in [1.807, 2.05) is 78.9 Å². The van der Waals surface area contributed by atoms with Crippen LogP contribution in [-0.2, 0) is 16.9 Å². The van der Waals surface area contributed by atoms with E-state index in [1.165, 1.54) is 0 Å². The first kappa shape index (κ1) is 17.5. The molecule has 0 fully saturated rings. The number of para-hydroxylation sites is 2. The Hall–Kier alpha value is -3.60. The molecular formula is C24H21N3O2. The minimum Gasteiger partial charge on any atom is -0.350 e. The van der Waals surface area contributed by atoms with Gasteiger partial charge in [0, 0.05) is 24.8 Å². The second-order valence-electron chi connectivity index (χ2n) is 7.45. The van der Waals surface area contributed by atoms with Crippen LogP contribution in [0.4, 0.5) is 11.4 Å². The van der Waals surface area contributed by atoms with Gasteiger partial charge in [-0.05, 0) is 30.2 Å². The summed E-state index contributed by atoms with van der Waals surface area (Å²) in [6.07, 6.45) is 0.664. The molecule has 1 atom stereocenters. The van der Waals surface area contributed by atoms with E-state index in [4.69, 9.17) is 0 Å². The fourth-order valence-corrected chi connectivity index (χ4v) is 4.41. The molecule has 0 saturated heterocycles. The van der Waals surface area contributed by atoms with Gasteiger partial charge in [0.05, 0.1) is 11.3 Å². The molecule has 2 heterocycles. The van der Waals surface area contributed by atoms with E-state index in [0.717, 1.165) is 16.8 Å². The number of nitrogens with zero attached hydrogens (tertiary/aromatic N) is 2. The number of nitrogens with one attached hydrogen (secondary N) is 1. The van der Waals surface area contributed by atoms with Crippen LogP contribution in [0.5, 0.6) is 0 Å². The predicted octanol–water partition coefficient (Wildman–Crippen LogP) is 3.63. The fourth-order valence-electron chi connectivity index (χ4n) is 4.41. The Morgan fingerprint density at radius 1 is 0.862 bits per heavy atom. The molecule has 0 aliphatic carbocycles. The van der Waals surface area contributed by atoms with Crippen LogP contribution in [0.2, 0.25) is 0 Å². The first-order chi connectivity index (χ1) is 14.1. The van der Waals surface area contributed by atoms with Crippen LogP contribution in [0.3, 0.4) is 0 Å². The summed E-state index contributed by atoms with van der Waals surface area (Å²) in [4.78, 5) is 30.5. The lowest BCUT2D eigenvalue weighted by Gasteiger charge is -2.45. The molecule has 1 spiro atoms. The predicted molar refractivity (Wildman–Crippen MR) is 113 cm³/mol. The second-order valence-corrected chi connectivity index (χ2v) is 7.45. The summed E-state index contributed by atoms with van der Waals surface area (Å²) in [6, 6.07) is 25.1. The number of benzene rings is 3. The number of anilines is 2. The highest BCUT2D eigenvalue weighted by Crippen LogP contribution is 2.47. The Labute approximate surface area is 169 Å². The maximum atomic E-state index is 13.6. The van der Waals surface area contributed by atoms with Gasteiger partial charge in [0.25, 0.3) is 11.8 Å². The smallest absolute Gasteiger partial charge is 0.278 e. The zero-order chi connectivity index (χ0) is 20.0. The van der Waals surface area contributed by atoms with E-state index in [2.05, 4.69) is 5.32 Å². The molecule has 3 aromatic rings. The summed E-state index contributed by atoms with van der Waals surface area (Å²) in [5.41, 5.74) is 2.80. The number of carbonyl (C=O) groups is 2. The van der Waals surface area contributed by atoms with Gasteiger partial charge in [-0.3, -0.25) is 9.59 Å². The highest BCUT2D eigenvalue weighted by atomic mass is 16.2. The molecule has 0 aromatic heterocycles. The normalized spacial score (nSPS) is 19.9. The van der Waals surface area contributed by atoms with Gasteiger partial charge in [-0.15, -0.1) is 0 Å². The van der Waals surface area contributed by atoms with Crippen molar-refractivity contribution in [3.63, 3.8) is 0 Å². The first-order valence-corrected chi connectivity index (χ1v) is 9.74. The second kappa shape index (κ2) is 6.48. The lowest BCUT2D eigenvalue weighted by Crippen LogP contribution is -2.62. The molecule has 0 saturated carbocycles. The van der Waals surface area contributed by atoms with E-state index in [0.29, 0.717) is 24.2 Å². The molecule has 2 aliphatic heterocycles. The van der Waals surface area contributed by atoms with Crippen LogP contribution >= 0.6 is 0 Å². The fraction of sp³-hybridized carbons (Fsp3) is 0.167. The number of rotatable bonds is 3. The van der Waals surface area contributed by atoms with Crippen molar-refractivity contribution in [3.8, 4) is 0 Å². The van der Waals surface area contributed by atoms with Crippen LogP contribution in [0, 0.1) is 0 Å². The van der Waals surface area contributed by atoms with Crippen LogP contribution in [0.1, 0.15) is 21.5 Å². The number of amides is 2. The van der Waals surface area contributed by atoms with Crippen LogP contribution in [0.15, 0.2) is 78.9 Å². The Bertz CT molecular complexity index is 1110. The zero-order valence-electron chi connectivity index (χ0n) is 16.1. The third-order valence-corrected chi connectivity index (χ3v) is 5.86. The molecule has 3 aromatic carbocycles. The largest absolute Gasteiger partial charge is 0.350 e. The minimum absolute atomic E-state index is 0.131. The highest BCUT2D eigenvalue weighted by Gasteiger charge is 2.58. The molecule has 5 rings (SSSR count). The lowest BCUT2D eigenvalue weighted by atomic mass is 9.92. The van der Waals surface area contributed by atoms with E-state index in [9.17, 15) is 9.59 Å². The van der Waals surface area contributed by atoms with Crippen molar-refractivity contribution in [1.29, 1.82) is 0 Å². The minimum atomic E-state index is -1.23. The van der Waals surface area contributed by atoms with Gasteiger partial charge < -0.3 is 15.1 Å². The van der Waals surface area contributed by atoms with Crippen molar-refractivity contribution in [2.75, 3.05) is 23.8 Å². The SMILES string of the molecule is CN1C(=O)[C@]2(Nc3ccccc3C(=O)N2CCc2ccccc2)c2ccccc21. The van der Waals surface area contributed by atoms with E-state index in [-0.39, 0.29) is 11.8 Å². The summed E-state index contributed by atoms with van der Waals surface area (Å²) in [5.74, 6) is -0.275. The van der Waals surface area contributed by atoms with Gasteiger partial charge in [-0.1, -0.05) is 60.7 Å². The van der Waals surface area contributed by atoms with Crippen LogP contribution < -0.4 is 10.2 Å². The van der Waals surface area contributed by atoms with E-state index in [1.54, 1.807) is 16.8 Å². The molecule has 0 bridgehead atoms. The Kier molecular flexibility index (Phi) is 3.91. The summed E-state index contributed by atoms with van der Waals surface area (Å²) in [5, 5.41) is 3.44. The van der Waals surface area contributed by atoms with Crippen LogP contribution in [-0.4, -0.2) is 30.3 Å². The Balaban J connectivity index is 1.65. The molecule has 29 heavy (non-hydrogen) atoms. The molecule has 0 radical (unpaired) electrons. The maximum Gasteiger partial charge on any atom is 0.278 e. The van der Waals surface area contributed by atoms with Crippen molar-refractivity contribution in [3.05, 3.63) is 95.6 Å². The molecule has 0 unspecified atom stereocenters. The summed E-state index contributed by atoms with van der Waals surface area (Å²) >= 11 is 0. The molecule has 5 heteroatoms. The Morgan fingerprint density at radius 3 is 2.38 bits per heavy atom. The van der Waals surface area contributed by atoms with Gasteiger partial charge in [-0.25, -0.2) is 0 Å². The molecule has 5 nitrogen and oxygen atoms in total. The van der Waals surface area contributed by atoms with Crippen molar-refractivity contribution in [1.82, 2.24) is 4.90 Å². The average Bonchev–Trinajstić information content (AvgIpc) is 2.97. The molecular weight excluding hydrogens is 362 g/mol. The van der Waals surface area contributed by atoms with Crippen molar-refractivity contribution < 1.29 is 9.59 Å². The highest BCUT2D eigenvalue weighted by molar-refractivity contribution is 6.15. The van der Waals surface area contributed by atoms with Gasteiger partial charge in [0.1, 0.15) is 0 Å². The summed E-state index contributed by atoms with van der Waals surface area (Å²) < 4.78 is 0. The van der Waals surface area contributed by atoms with Crippen molar-refractivity contribution in [2.24, 2.45) is 0 Å². The Morgan fingerprint density at radius 2 is 1.55 bits per heavy atom. The quantitative estimate of drug-likeness (QED) is 0.752. The number of fused-ring (bicyclic) bond motifs is 3. The number of carbonyl (C=O) groups excluding carboxylic acids is 2. The first-order valence-electron chi connectivity index (χ1n) is 9.74. The molecule has 1 N–H and O–H groups in total. The molecule has 144 valence electrons. The van der Waals surface area contributed by atoms with Crippen molar-refractivity contribution >= 4 is 23.2 Å². The summed E-state index contributed by atoms with van der Waals surface area (Å²) in [6.45, 7) is 0.429. The summed E-state index contributed by atoms with van der Waals surface area (Å²) in [7, 11) is 1.76. The monoisotopic (exact) mass is 383 g/mol. The van der Waals surface area contributed by atoms with Crippen LogP contribution in [0.25, 0.3) is 0 Å². The third kappa shape index (κ3) is 2.47. The third-order valence-electron chi connectivity index (χ3n) is 5.86. The zero-order valence-corrected chi connectivity index (χ0v) is 16.1. The van der Waals surface area contributed by atoms with Gasteiger partial charge in [0.15, 0.2) is 0 Å². The van der Waals surface area contributed by atoms with E-state index >= 15 is 0 Å². The van der Waals surface area contributed by atoms with Gasteiger partial charge in [-0.2, -0.15) is 0 Å². The average molecular weight is 383 g/mol. The standard InChI is InChI=1S/C24H21N3O2/c1-26-21-14-8-6-12-19(21)24(23(26)29)25-20-13-7-5-11-18(20)22(28)27(24)16-15-17-9-3-2-4-10-17/h2-14,25H,15-16H2,1H3/t24-/m0/s1. The maximum absolute atomic E-state index is 13.6. The lowest BCUT2D eigenvalue weighted by molar-refractivity contribution is -0.127. The number of hydrogen-bond acceptors (Lipinski definition) is 3. The van der Waals surface area contributed by atoms with Gasteiger partial charge >= 0.3 is 0 Å². The topological polar surface area (TPSA) is 52.7 Å². The number of hydrogen-bond donors (Lipinski definition) is 1. The molecule has 2 amide bonds. The molecule has 2 aliphatic rings. The number of likely N-dealkylation sites (N-methyl/N-ethyl adjacent to an activating group) is 1. The van der Waals surface area contributed by atoms with Crippen molar-refractivity contribution in [2.45, 2.75) is 12.1 Å². The van der Waals surface area contributed by atoms with Gasteiger partial charge in [0.2, 0.25) is 5.66 Å².